The van der Waals surface area contributed by atoms with Gasteiger partial charge in [-0.15, -0.1) is 0 Å². The number of ether oxygens (including phenoxy) is 1. The lowest BCUT2D eigenvalue weighted by Crippen LogP contribution is -2.27. The monoisotopic (exact) mass is 317 g/mol. The van der Waals surface area contributed by atoms with E-state index in [0.717, 1.165) is 30.8 Å². The SMILES string of the molecule is COCCNC(=O)c1cn2c(n1)CC[C@H](c1ccc(F)cc1)C2. The van der Waals surface area contributed by atoms with E-state index in [2.05, 4.69) is 10.3 Å². The highest BCUT2D eigenvalue weighted by Gasteiger charge is 2.23. The summed E-state index contributed by atoms with van der Waals surface area (Å²) in [6, 6.07) is 6.65. The molecule has 1 aromatic carbocycles. The molecule has 0 aliphatic carbocycles. The van der Waals surface area contributed by atoms with Crippen LogP contribution in [0, 0.1) is 5.82 Å². The Morgan fingerprint density at radius 2 is 2.22 bits per heavy atom. The molecule has 0 bridgehead atoms. The van der Waals surface area contributed by atoms with E-state index in [9.17, 15) is 9.18 Å². The summed E-state index contributed by atoms with van der Waals surface area (Å²) in [6.07, 6.45) is 3.56. The Balaban J connectivity index is 1.69. The molecule has 0 unspecified atom stereocenters. The van der Waals surface area contributed by atoms with Gasteiger partial charge < -0.3 is 14.6 Å². The molecule has 6 heteroatoms. The van der Waals surface area contributed by atoms with Gasteiger partial charge in [-0.1, -0.05) is 12.1 Å². The quantitative estimate of drug-likeness (QED) is 0.860. The Labute approximate surface area is 134 Å². The second-order valence-electron chi connectivity index (χ2n) is 5.73. The van der Waals surface area contributed by atoms with E-state index in [1.807, 2.05) is 16.7 Å². The summed E-state index contributed by atoms with van der Waals surface area (Å²) < 4.78 is 20.0. The zero-order valence-electron chi connectivity index (χ0n) is 13.1. The predicted octanol–water partition coefficient (Wildman–Crippen LogP) is 2.13. The fraction of sp³-hybridized carbons (Fsp3) is 0.412. The van der Waals surface area contributed by atoms with E-state index in [4.69, 9.17) is 4.74 Å². The molecular weight excluding hydrogens is 297 g/mol. The van der Waals surface area contributed by atoms with Gasteiger partial charge in [-0.05, 0) is 24.1 Å². The lowest BCUT2D eigenvalue weighted by Gasteiger charge is -2.24. The highest BCUT2D eigenvalue weighted by atomic mass is 19.1. The first-order valence-corrected chi connectivity index (χ1v) is 7.76. The van der Waals surface area contributed by atoms with Crippen LogP contribution >= 0.6 is 0 Å². The molecule has 5 nitrogen and oxygen atoms in total. The molecule has 122 valence electrons. The summed E-state index contributed by atoms with van der Waals surface area (Å²) in [4.78, 5) is 16.5. The Kier molecular flexibility index (Phi) is 4.71. The number of halogens is 1. The Morgan fingerprint density at radius 3 is 2.96 bits per heavy atom. The van der Waals surface area contributed by atoms with Crippen LogP contribution in [0.15, 0.2) is 30.5 Å². The topological polar surface area (TPSA) is 56.1 Å². The minimum absolute atomic E-state index is 0.178. The van der Waals surface area contributed by atoms with Gasteiger partial charge in [-0.25, -0.2) is 9.37 Å². The van der Waals surface area contributed by atoms with Crippen molar-refractivity contribution in [2.45, 2.75) is 25.3 Å². The number of methoxy groups -OCH3 is 1. The highest BCUT2D eigenvalue weighted by Crippen LogP contribution is 2.28. The van der Waals surface area contributed by atoms with Crippen molar-refractivity contribution in [2.24, 2.45) is 0 Å². The maximum atomic E-state index is 13.0. The van der Waals surface area contributed by atoms with Crippen LogP contribution in [0.1, 0.15) is 34.2 Å². The standard InChI is InChI=1S/C17H20FN3O2/c1-23-9-8-19-17(22)15-11-21-10-13(4-7-16(21)20-15)12-2-5-14(18)6-3-12/h2-3,5-6,11,13H,4,7-10H2,1H3,(H,19,22)/t13-/m0/s1. The van der Waals surface area contributed by atoms with Crippen LogP contribution in [-0.4, -0.2) is 35.7 Å². The summed E-state index contributed by atoms with van der Waals surface area (Å²) in [5, 5.41) is 2.78. The molecule has 1 aliphatic heterocycles. The Bertz CT molecular complexity index is 682. The number of nitrogens with one attached hydrogen (secondary N) is 1. The first-order valence-electron chi connectivity index (χ1n) is 7.76. The molecule has 0 fully saturated rings. The molecule has 1 aliphatic rings. The minimum Gasteiger partial charge on any atom is -0.383 e. The number of carbonyl (C=O) groups excluding carboxylic acids is 1. The van der Waals surface area contributed by atoms with Gasteiger partial charge in [0.05, 0.1) is 6.61 Å². The lowest BCUT2D eigenvalue weighted by atomic mass is 9.92. The van der Waals surface area contributed by atoms with Crippen LogP contribution in [0.3, 0.4) is 0 Å². The number of hydrogen-bond donors (Lipinski definition) is 1. The summed E-state index contributed by atoms with van der Waals surface area (Å²) >= 11 is 0. The van der Waals surface area contributed by atoms with Gasteiger partial charge in [0, 0.05) is 38.7 Å². The van der Waals surface area contributed by atoms with Crippen LogP contribution in [0.25, 0.3) is 0 Å². The molecule has 0 radical (unpaired) electrons. The second kappa shape index (κ2) is 6.91. The zero-order chi connectivity index (χ0) is 16.2. The maximum absolute atomic E-state index is 13.0. The molecule has 1 atom stereocenters. The fourth-order valence-corrected chi connectivity index (χ4v) is 2.92. The average molecular weight is 317 g/mol. The third kappa shape index (κ3) is 3.59. The van der Waals surface area contributed by atoms with Crippen molar-refractivity contribution in [3.05, 3.63) is 53.4 Å². The second-order valence-corrected chi connectivity index (χ2v) is 5.73. The van der Waals surface area contributed by atoms with Crippen molar-refractivity contribution in [3.8, 4) is 0 Å². The Morgan fingerprint density at radius 1 is 1.43 bits per heavy atom. The molecule has 3 rings (SSSR count). The largest absolute Gasteiger partial charge is 0.383 e. The number of fused-ring (bicyclic) bond motifs is 1. The first-order chi connectivity index (χ1) is 11.2. The van der Waals surface area contributed by atoms with Crippen molar-refractivity contribution < 1.29 is 13.9 Å². The third-order valence-electron chi connectivity index (χ3n) is 4.16. The van der Waals surface area contributed by atoms with Crippen molar-refractivity contribution in [1.82, 2.24) is 14.9 Å². The van der Waals surface area contributed by atoms with Crippen LogP contribution in [0.2, 0.25) is 0 Å². The molecule has 23 heavy (non-hydrogen) atoms. The number of aryl methyl sites for hydroxylation is 1. The highest BCUT2D eigenvalue weighted by molar-refractivity contribution is 5.92. The number of carbonyl (C=O) groups is 1. The van der Waals surface area contributed by atoms with Gasteiger partial charge in [0.15, 0.2) is 0 Å². The van der Waals surface area contributed by atoms with Crippen molar-refractivity contribution >= 4 is 5.91 Å². The zero-order valence-corrected chi connectivity index (χ0v) is 13.1. The third-order valence-corrected chi connectivity index (χ3v) is 4.16. The molecule has 1 N–H and O–H groups in total. The van der Waals surface area contributed by atoms with Crippen LogP contribution < -0.4 is 5.32 Å². The normalized spacial score (nSPS) is 16.9. The summed E-state index contributed by atoms with van der Waals surface area (Å²) in [7, 11) is 1.59. The molecule has 2 heterocycles. The van der Waals surface area contributed by atoms with Crippen molar-refractivity contribution in [3.63, 3.8) is 0 Å². The predicted molar refractivity (Wildman–Crippen MR) is 83.9 cm³/mol. The lowest BCUT2D eigenvalue weighted by molar-refractivity contribution is 0.0932. The molecular formula is C17H20FN3O2. The average Bonchev–Trinajstić information content (AvgIpc) is 2.99. The molecule has 0 saturated carbocycles. The van der Waals surface area contributed by atoms with Crippen molar-refractivity contribution in [2.75, 3.05) is 20.3 Å². The van der Waals surface area contributed by atoms with Gasteiger partial charge in [-0.3, -0.25) is 4.79 Å². The summed E-state index contributed by atoms with van der Waals surface area (Å²) in [5.74, 6) is 0.854. The van der Waals surface area contributed by atoms with E-state index in [1.165, 1.54) is 12.1 Å². The van der Waals surface area contributed by atoms with Crippen molar-refractivity contribution in [1.29, 1.82) is 0 Å². The van der Waals surface area contributed by atoms with Gasteiger partial charge in [-0.2, -0.15) is 0 Å². The summed E-state index contributed by atoms with van der Waals surface area (Å²) in [5.41, 5.74) is 1.56. The molecule has 2 aromatic rings. The smallest absolute Gasteiger partial charge is 0.271 e. The number of amides is 1. The molecule has 0 saturated heterocycles. The number of hydrogen-bond acceptors (Lipinski definition) is 3. The molecule has 0 spiro atoms. The van der Waals surface area contributed by atoms with Crippen LogP contribution in [-0.2, 0) is 17.7 Å². The number of benzene rings is 1. The minimum atomic E-state index is -0.220. The Hall–Kier alpha value is -2.21. The number of imidazole rings is 1. The molecule has 1 aromatic heterocycles. The van der Waals surface area contributed by atoms with E-state index in [0.29, 0.717) is 24.8 Å². The fourth-order valence-electron chi connectivity index (χ4n) is 2.92. The van der Waals surface area contributed by atoms with Gasteiger partial charge in [0.25, 0.3) is 5.91 Å². The number of aromatic nitrogens is 2. The van der Waals surface area contributed by atoms with E-state index in [1.54, 1.807) is 13.3 Å². The van der Waals surface area contributed by atoms with E-state index < -0.39 is 0 Å². The first kappa shape index (κ1) is 15.7. The van der Waals surface area contributed by atoms with Gasteiger partial charge in [0.2, 0.25) is 0 Å². The van der Waals surface area contributed by atoms with Gasteiger partial charge >= 0.3 is 0 Å². The number of rotatable bonds is 5. The van der Waals surface area contributed by atoms with Crippen LogP contribution in [0.4, 0.5) is 4.39 Å². The molecule has 1 amide bonds. The van der Waals surface area contributed by atoms with Gasteiger partial charge in [0.1, 0.15) is 17.3 Å². The number of nitrogens with zero attached hydrogens (tertiary/aromatic N) is 2. The van der Waals surface area contributed by atoms with E-state index in [-0.39, 0.29) is 11.7 Å². The van der Waals surface area contributed by atoms with Crippen LogP contribution in [0.5, 0.6) is 0 Å². The van der Waals surface area contributed by atoms with E-state index >= 15 is 0 Å². The summed E-state index contributed by atoms with van der Waals surface area (Å²) in [6.45, 7) is 1.71. The maximum Gasteiger partial charge on any atom is 0.271 e.